The van der Waals surface area contributed by atoms with E-state index < -0.39 is 0 Å². The molecule has 1 saturated heterocycles. The Morgan fingerprint density at radius 2 is 1.81 bits per heavy atom. The van der Waals surface area contributed by atoms with E-state index in [9.17, 15) is 4.79 Å². The van der Waals surface area contributed by atoms with Crippen LogP contribution >= 0.6 is 0 Å². The molecule has 1 atom stereocenters. The van der Waals surface area contributed by atoms with E-state index in [0.29, 0.717) is 12.5 Å². The number of hydrogen-bond donors (Lipinski definition) is 2. The van der Waals surface area contributed by atoms with Crippen molar-refractivity contribution in [2.45, 2.75) is 51.7 Å². The third-order valence-corrected chi connectivity index (χ3v) is 6.44. The maximum Gasteiger partial charge on any atom is 0.223 e. The summed E-state index contributed by atoms with van der Waals surface area (Å²) < 4.78 is 0. The summed E-state index contributed by atoms with van der Waals surface area (Å²) in [6, 6.07) is 17.5. The van der Waals surface area contributed by atoms with Gasteiger partial charge in [0, 0.05) is 57.9 Å². The first kappa shape index (κ1) is 22.2. The van der Waals surface area contributed by atoms with Crippen LogP contribution in [0.3, 0.4) is 0 Å². The molecule has 1 unspecified atom stereocenters. The first-order valence-electron chi connectivity index (χ1n) is 11.8. The van der Waals surface area contributed by atoms with Crippen LogP contribution in [0, 0.1) is 6.92 Å². The van der Waals surface area contributed by atoms with Gasteiger partial charge in [-0.05, 0) is 49.4 Å². The Balaban J connectivity index is 1.18. The number of carbonyl (C=O) groups is 1. The SMILES string of the molecule is CN=C(NCCCC(=O)N1Cc2ccccc2C1)NC1CCCN(c2ccc(C)cc2)C1. The molecule has 2 heterocycles. The van der Waals surface area contributed by atoms with Crippen molar-refractivity contribution in [3.8, 4) is 0 Å². The van der Waals surface area contributed by atoms with Gasteiger partial charge in [0.05, 0.1) is 0 Å². The zero-order valence-corrected chi connectivity index (χ0v) is 19.3. The molecular weight excluding hydrogens is 398 g/mol. The number of amides is 1. The zero-order chi connectivity index (χ0) is 22.3. The van der Waals surface area contributed by atoms with Gasteiger partial charge in [-0.25, -0.2) is 0 Å². The number of guanidine groups is 1. The summed E-state index contributed by atoms with van der Waals surface area (Å²) in [6.45, 7) is 6.40. The van der Waals surface area contributed by atoms with Crippen molar-refractivity contribution in [3.05, 3.63) is 65.2 Å². The number of aliphatic imine (C=N–C) groups is 1. The molecule has 2 aromatic rings. The van der Waals surface area contributed by atoms with E-state index in [1.54, 1.807) is 0 Å². The molecule has 0 aliphatic carbocycles. The summed E-state index contributed by atoms with van der Waals surface area (Å²) in [5.41, 5.74) is 5.12. The van der Waals surface area contributed by atoms with Crippen molar-refractivity contribution < 1.29 is 4.79 Å². The second-order valence-corrected chi connectivity index (χ2v) is 8.89. The maximum atomic E-state index is 12.6. The van der Waals surface area contributed by atoms with E-state index in [1.165, 1.54) is 22.4 Å². The molecule has 1 fully saturated rings. The van der Waals surface area contributed by atoms with Gasteiger partial charge in [-0.1, -0.05) is 42.0 Å². The van der Waals surface area contributed by atoms with Crippen LogP contribution in [0.15, 0.2) is 53.5 Å². The number of hydrogen-bond acceptors (Lipinski definition) is 3. The predicted octanol–water partition coefficient (Wildman–Crippen LogP) is 3.45. The minimum Gasteiger partial charge on any atom is -0.369 e. The van der Waals surface area contributed by atoms with E-state index in [4.69, 9.17) is 0 Å². The summed E-state index contributed by atoms with van der Waals surface area (Å²) >= 11 is 0. The highest BCUT2D eigenvalue weighted by Crippen LogP contribution is 2.23. The van der Waals surface area contributed by atoms with Crippen molar-refractivity contribution in [1.29, 1.82) is 0 Å². The van der Waals surface area contributed by atoms with Gasteiger partial charge < -0.3 is 20.4 Å². The summed E-state index contributed by atoms with van der Waals surface area (Å²) in [4.78, 5) is 21.4. The van der Waals surface area contributed by atoms with Crippen LogP contribution in [-0.2, 0) is 17.9 Å². The second kappa shape index (κ2) is 10.5. The van der Waals surface area contributed by atoms with Crippen LogP contribution in [0.25, 0.3) is 0 Å². The average molecular weight is 434 g/mol. The molecule has 170 valence electrons. The summed E-state index contributed by atoms with van der Waals surface area (Å²) in [5, 5.41) is 6.97. The van der Waals surface area contributed by atoms with Crippen molar-refractivity contribution in [2.75, 3.05) is 31.6 Å². The Kier molecular flexibility index (Phi) is 7.30. The highest BCUT2D eigenvalue weighted by Gasteiger charge is 2.23. The van der Waals surface area contributed by atoms with Crippen LogP contribution in [0.5, 0.6) is 0 Å². The fraction of sp³-hybridized carbons (Fsp3) is 0.462. The standard InChI is InChI=1S/C26H35N5O/c1-20-11-13-24(14-12-20)30-16-6-9-23(19-30)29-26(27-2)28-15-5-10-25(32)31-17-21-7-3-4-8-22(21)18-31/h3-4,7-8,11-14,23H,5-6,9-10,15-19H2,1-2H3,(H2,27,28,29). The van der Waals surface area contributed by atoms with Crippen LogP contribution in [0.2, 0.25) is 0 Å². The normalized spacial score (nSPS) is 18.4. The molecule has 2 aliphatic rings. The molecule has 0 spiro atoms. The molecule has 32 heavy (non-hydrogen) atoms. The fourth-order valence-corrected chi connectivity index (χ4v) is 4.59. The minimum absolute atomic E-state index is 0.229. The molecule has 1 amide bonds. The van der Waals surface area contributed by atoms with Gasteiger partial charge in [-0.3, -0.25) is 9.79 Å². The highest BCUT2D eigenvalue weighted by atomic mass is 16.2. The van der Waals surface area contributed by atoms with E-state index in [2.05, 4.69) is 63.8 Å². The molecule has 0 bridgehead atoms. The molecule has 0 saturated carbocycles. The number of anilines is 1. The molecule has 6 nitrogen and oxygen atoms in total. The highest BCUT2D eigenvalue weighted by molar-refractivity contribution is 5.80. The average Bonchev–Trinajstić information content (AvgIpc) is 3.26. The zero-order valence-electron chi connectivity index (χ0n) is 19.3. The lowest BCUT2D eigenvalue weighted by Gasteiger charge is -2.35. The minimum atomic E-state index is 0.229. The van der Waals surface area contributed by atoms with Crippen LogP contribution < -0.4 is 15.5 Å². The third kappa shape index (κ3) is 5.61. The second-order valence-electron chi connectivity index (χ2n) is 8.89. The Hall–Kier alpha value is -3.02. The van der Waals surface area contributed by atoms with E-state index in [-0.39, 0.29) is 5.91 Å². The third-order valence-electron chi connectivity index (χ3n) is 6.44. The lowest BCUT2D eigenvalue weighted by molar-refractivity contribution is -0.131. The van der Waals surface area contributed by atoms with Gasteiger partial charge in [0.15, 0.2) is 5.96 Å². The number of benzene rings is 2. The first-order chi connectivity index (χ1) is 15.6. The number of rotatable bonds is 6. The van der Waals surface area contributed by atoms with Gasteiger partial charge in [-0.15, -0.1) is 0 Å². The number of aryl methyl sites for hydroxylation is 1. The van der Waals surface area contributed by atoms with Gasteiger partial charge in [0.25, 0.3) is 0 Å². The smallest absolute Gasteiger partial charge is 0.223 e. The number of piperidine rings is 1. The molecule has 0 radical (unpaired) electrons. The van der Waals surface area contributed by atoms with Gasteiger partial charge in [-0.2, -0.15) is 0 Å². The van der Waals surface area contributed by atoms with E-state index in [0.717, 1.165) is 57.9 Å². The van der Waals surface area contributed by atoms with Gasteiger partial charge in [0.2, 0.25) is 5.91 Å². The summed E-state index contributed by atoms with van der Waals surface area (Å²) in [7, 11) is 1.81. The Morgan fingerprint density at radius 3 is 2.50 bits per heavy atom. The van der Waals surface area contributed by atoms with Crippen molar-refractivity contribution in [1.82, 2.24) is 15.5 Å². The number of carbonyl (C=O) groups excluding carboxylic acids is 1. The topological polar surface area (TPSA) is 60.0 Å². The maximum absolute atomic E-state index is 12.6. The lowest BCUT2D eigenvalue weighted by atomic mass is 10.0. The fourth-order valence-electron chi connectivity index (χ4n) is 4.59. The molecule has 0 aromatic heterocycles. The molecule has 2 aliphatic heterocycles. The lowest BCUT2D eigenvalue weighted by Crippen LogP contribution is -2.51. The number of fused-ring (bicyclic) bond motifs is 1. The number of nitrogens with zero attached hydrogens (tertiary/aromatic N) is 3. The first-order valence-corrected chi connectivity index (χ1v) is 11.8. The summed E-state index contributed by atoms with van der Waals surface area (Å²) in [6.07, 6.45) is 3.65. The summed E-state index contributed by atoms with van der Waals surface area (Å²) in [5.74, 6) is 1.05. The van der Waals surface area contributed by atoms with Crippen molar-refractivity contribution in [2.24, 2.45) is 4.99 Å². The van der Waals surface area contributed by atoms with Crippen LogP contribution in [-0.4, -0.2) is 49.5 Å². The van der Waals surface area contributed by atoms with Crippen LogP contribution in [0.1, 0.15) is 42.4 Å². The van der Waals surface area contributed by atoms with E-state index >= 15 is 0 Å². The van der Waals surface area contributed by atoms with Crippen molar-refractivity contribution >= 4 is 17.6 Å². The predicted molar refractivity (Wildman–Crippen MR) is 131 cm³/mol. The monoisotopic (exact) mass is 433 g/mol. The quantitative estimate of drug-likeness (QED) is 0.416. The molecule has 6 heteroatoms. The Morgan fingerprint density at radius 1 is 1.09 bits per heavy atom. The molecule has 4 rings (SSSR count). The van der Waals surface area contributed by atoms with Crippen molar-refractivity contribution in [3.63, 3.8) is 0 Å². The van der Waals surface area contributed by atoms with Crippen LogP contribution in [0.4, 0.5) is 5.69 Å². The Bertz CT molecular complexity index is 914. The van der Waals surface area contributed by atoms with Gasteiger partial charge in [0.1, 0.15) is 0 Å². The largest absolute Gasteiger partial charge is 0.369 e. The molecule has 2 N–H and O–H groups in total. The number of nitrogens with one attached hydrogen (secondary N) is 2. The Labute approximate surface area is 191 Å². The van der Waals surface area contributed by atoms with Gasteiger partial charge >= 0.3 is 0 Å². The molecular formula is C26H35N5O. The molecule has 2 aromatic carbocycles. The van der Waals surface area contributed by atoms with E-state index in [1.807, 2.05) is 24.1 Å².